The van der Waals surface area contributed by atoms with E-state index >= 15 is 0 Å². The summed E-state index contributed by atoms with van der Waals surface area (Å²) in [5.74, 6) is -0.920. The Kier molecular flexibility index (Phi) is 5.63. The number of carbonyl (C=O) groups is 3. The molecule has 2 unspecified atom stereocenters. The third kappa shape index (κ3) is 4.24. The summed E-state index contributed by atoms with van der Waals surface area (Å²) in [6, 6.07) is 16.3. The molecular formula is C25H25NO5. The minimum atomic E-state index is -1.03. The van der Waals surface area contributed by atoms with Crippen molar-refractivity contribution in [3.63, 3.8) is 0 Å². The number of hydrogen-bond acceptors (Lipinski definition) is 5. The van der Waals surface area contributed by atoms with Crippen molar-refractivity contribution in [2.45, 2.75) is 32.3 Å². The van der Waals surface area contributed by atoms with E-state index in [0.29, 0.717) is 30.7 Å². The van der Waals surface area contributed by atoms with Crippen LogP contribution in [0.1, 0.15) is 37.0 Å². The lowest BCUT2D eigenvalue weighted by molar-refractivity contribution is -0.152. The van der Waals surface area contributed by atoms with Crippen LogP contribution in [0.25, 0.3) is 0 Å². The van der Waals surface area contributed by atoms with E-state index in [0.717, 1.165) is 17.6 Å². The Morgan fingerprint density at radius 1 is 1.19 bits per heavy atom. The van der Waals surface area contributed by atoms with Crippen molar-refractivity contribution >= 4 is 23.5 Å². The lowest BCUT2D eigenvalue weighted by Gasteiger charge is -2.24. The van der Waals surface area contributed by atoms with Gasteiger partial charge in [-0.1, -0.05) is 54.6 Å². The predicted molar refractivity (Wildman–Crippen MR) is 115 cm³/mol. The Bertz CT molecular complexity index is 1010. The molecule has 1 N–H and O–H groups in total. The van der Waals surface area contributed by atoms with E-state index in [4.69, 9.17) is 9.47 Å². The van der Waals surface area contributed by atoms with Gasteiger partial charge in [-0.2, -0.15) is 0 Å². The van der Waals surface area contributed by atoms with Crippen LogP contribution in [0.3, 0.4) is 0 Å². The Hall–Kier alpha value is -3.41. The normalized spacial score (nSPS) is 23.1. The van der Waals surface area contributed by atoms with E-state index in [1.807, 2.05) is 18.2 Å². The van der Waals surface area contributed by atoms with Crippen molar-refractivity contribution in [3.8, 4) is 0 Å². The second kappa shape index (κ2) is 8.38. The molecule has 6 heteroatoms. The van der Waals surface area contributed by atoms with Gasteiger partial charge in [-0.15, -0.1) is 0 Å². The molecule has 2 fully saturated rings. The highest BCUT2D eigenvalue weighted by atomic mass is 16.5. The van der Waals surface area contributed by atoms with Gasteiger partial charge in [0.2, 0.25) is 6.10 Å². The standard InChI is InChI=1S/C25H25NO5/c1-16-12-20-15-30-24(29)25(20,13-16)14-18-8-10-21(11-9-18)26-23(28)22(31-17(2)27)19-6-4-3-5-7-19/h3-11,20,22H,1,12-15H2,2H3,(H,26,28)/t20?,22-,25?/m1/s1. The average Bonchev–Trinajstić information content (AvgIpc) is 3.22. The SMILES string of the molecule is C=C1CC2COC(=O)C2(Cc2ccc(NC(=O)[C@H](OC(C)=O)c3ccccc3)cc2)C1. The van der Waals surface area contributed by atoms with E-state index in [1.54, 1.807) is 36.4 Å². The Balaban J connectivity index is 1.47. The predicted octanol–water partition coefficient (Wildman–Crippen LogP) is 3.98. The van der Waals surface area contributed by atoms with Crippen LogP contribution in [-0.4, -0.2) is 24.5 Å². The van der Waals surface area contributed by atoms with Gasteiger partial charge in [0.25, 0.3) is 5.91 Å². The summed E-state index contributed by atoms with van der Waals surface area (Å²) in [5.41, 5.74) is 2.76. The zero-order valence-corrected chi connectivity index (χ0v) is 17.4. The van der Waals surface area contributed by atoms with Gasteiger partial charge < -0.3 is 14.8 Å². The third-order valence-corrected chi connectivity index (χ3v) is 6.07. The monoisotopic (exact) mass is 419 g/mol. The number of anilines is 1. The fourth-order valence-corrected chi connectivity index (χ4v) is 4.61. The number of carbonyl (C=O) groups excluding carboxylic acids is 3. The van der Waals surface area contributed by atoms with Crippen LogP contribution in [0.4, 0.5) is 5.69 Å². The van der Waals surface area contributed by atoms with Crippen LogP contribution < -0.4 is 5.32 Å². The highest BCUT2D eigenvalue weighted by Gasteiger charge is 2.55. The molecule has 0 bridgehead atoms. The Morgan fingerprint density at radius 2 is 1.90 bits per heavy atom. The summed E-state index contributed by atoms with van der Waals surface area (Å²) in [4.78, 5) is 36.7. The van der Waals surface area contributed by atoms with Crippen molar-refractivity contribution in [3.05, 3.63) is 77.9 Å². The number of allylic oxidation sites excluding steroid dienone is 1. The zero-order valence-electron chi connectivity index (χ0n) is 17.4. The average molecular weight is 419 g/mol. The molecule has 1 saturated carbocycles. The third-order valence-electron chi connectivity index (χ3n) is 6.07. The molecule has 1 heterocycles. The number of benzene rings is 2. The van der Waals surface area contributed by atoms with Crippen molar-refractivity contribution in [2.24, 2.45) is 11.3 Å². The first-order chi connectivity index (χ1) is 14.9. The van der Waals surface area contributed by atoms with Crippen LogP contribution in [-0.2, 0) is 30.3 Å². The van der Waals surface area contributed by atoms with Gasteiger partial charge >= 0.3 is 11.9 Å². The number of hydrogen-bond donors (Lipinski definition) is 1. The van der Waals surface area contributed by atoms with Gasteiger partial charge in [0, 0.05) is 24.1 Å². The minimum absolute atomic E-state index is 0.138. The molecule has 1 aliphatic heterocycles. The summed E-state index contributed by atoms with van der Waals surface area (Å²) < 4.78 is 10.6. The summed E-state index contributed by atoms with van der Waals surface area (Å²) in [6.45, 7) is 5.81. The van der Waals surface area contributed by atoms with Crippen LogP contribution >= 0.6 is 0 Å². The molecule has 2 aromatic rings. The lowest BCUT2D eigenvalue weighted by atomic mass is 9.75. The van der Waals surface area contributed by atoms with Crippen LogP contribution in [0.5, 0.6) is 0 Å². The highest BCUT2D eigenvalue weighted by Crippen LogP contribution is 2.52. The largest absolute Gasteiger partial charge is 0.465 e. The first kappa shape index (κ1) is 20.8. The van der Waals surface area contributed by atoms with Crippen molar-refractivity contribution < 1.29 is 23.9 Å². The van der Waals surface area contributed by atoms with Gasteiger partial charge in [0.1, 0.15) is 0 Å². The fraction of sp³-hybridized carbons (Fsp3) is 0.320. The van der Waals surface area contributed by atoms with E-state index in [1.165, 1.54) is 6.92 Å². The minimum Gasteiger partial charge on any atom is -0.465 e. The molecule has 2 aliphatic rings. The molecule has 160 valence electrons. The molecule has 1 saturated heterocycles. The van der Waals surface area contributed by atoms with Gasteiger partial charge in [-0.3, -0.25) is 14.4 Å². The second-order valence-electron chi connectivity index (χ2n) is 8.35. The van der Waals surface area contributed by atoms with Gasteiger partial charge in [0.05, 0.1) is 12.0 Å². The number of rotatable bonds is 6. The summed E-state index contributed by atoms with van der Waals surface area (Å²) in [7, 11) is 0. The van der Waals surface area contributed by atoms with E-state index in [2.05, 4.69) is 11.9 Å². The van der Waals surface area contributed by atoms with Crippen LogP contribution in [0, 0.1) is 11.3 Å². The lowest BCUT2D eigenvalue weighted by Crippen LogP contribution is -2.31. The molecular weight excluding hydrogens is 394 g/mol. The molecule has 1 amide bonds. The molecule has 31 heavy (non-hydrogen) atoms. The molecule has 0 aromatic heterocycles. The van der Waals surface area contributed by atoms with Crippen LogP contribution in [0.15, 0.2) is 66.7 Å². The summed E-state index contributed by atoms with van der Waals surface area (Å²) >= 11 is 0. The maximum absolute atomic E-state index is 12.8. The van der Waals surface area contributed by atoms with Crippen LogP contribution in [0.2, 0.25) is 0 Å². The second-order valence-corrected chi connectivity index (χ2v) is 8.35. The first-order valence-corrected chi connectivity index (χ1v) is 10.3. The maximum Gasteiger partial charge on any atom is 0.313 e. The maximum atomic E-state index is 12.8. The smallest absolute Gasteiger partial charge is 0.313 e. The zero-order chi connectivity index (χ0) is 22.0. The Labute approximate surface area is 181 Å². The first-order valence-electron chi connectivity index (χ1n) is 10.3. The summed E-state index contributed by atoms with van der Waals surface area (Å²) in [5, 5.41) is 2.81. The molecule has 4 rings (SSSR count). The van der Waals surface area contributed by atoms with E-state index < -0.39 is 23.4 Å². The van der Waals surface area contributed by atoms with E-state index in [9.17, 15) is 14.4 Å². The van der Waals surface area contributed by atoms with Crippen molar-refractivity contribution in [1.82, 2.24) is 0 Å². The number of cyclic esters (lactones) is 1. The van der Waals surface area contributed by atoms with Gasteiger partial charge in [-0.25, -0.2) is 0 Å². The van der Waals surface area contributed by atoms with Gasteiger partial charge in [-0.05, 0) is 37.0 Å². The number of nitrogens with one attached hydrogen (secondary N) is 1. The molecule has 3 atom stereocenters. The number of ether oxygens (including phenoxy) is 2. The quantitative estimate of drug-likeness (QED) is 0.566. The van der Waals surface area contributed by atoms with E-state index in [-0.39, 0.29) is 11.9 Å². The Morgan fingerprint density at radius 3 is 2.58 bits per heavy atom. The fourth-order valence-electron chi connectivity index (χ4n) is 4.61. The molecule has 2 aromatic carbocycles. The topological polar surface area (TPSA) is 81.7 Å². The van der Waals surface area contributed by atoms with Gasteiger partial charge in [0.15, 0.2) is 0 Å². The molecule has 1 aliphatic carbocycles. The molecule has 0 radical (unpaired) electrons. The molecule has 0 spiro atoms. The number of esters is 2. The number of fused-ring (bicyclic) bond motifs is 1. The van der Waals surface area contributed by atoms with Crippen molar-refractivity contribution in [2.75, 3.05) is 11.9 Å². The summed E-state index contributed by atoms with van der Waals surface area (Å²) in [6.07, 6.45) is 1.05. The highest BCUT2D eigenvalue weighted by molar-refractivity contribution is 5.96. The van der Waals surface area contributed by atoms with Crippen molar-refractivity contribution in [1.29, 1.82) is 0 Å². The number of amides is 1. The molecule has 6 nitrogen and oxygen atoms in total.